The second-order valence-corrected chi connectivity index (χ2v) is 2.80. The predicted molar refractivity (Wildman–Crippen MR) is 37.5 cm³/mol. The lowest BCUT2D eigenvalue weighted by Crippen LogP contribution is -2.19. The van der Waals surface area contributed by atoms with Crippen LogP contribution in [0.3, 0.4) is 0 Å². The van der Waals surface area contributed by atoms with E-state index in [1.54, 1.807) is 0 Å². The van der Waals surface area contributed by atoms with Gasteiger partial charge in [-0.05, 0) is 18.8 Å². The molecule has 0 radical (unpaired) electrons. The summed E-state index contributed by atoms with van der Waals surface area (Å²) < 4.78 is 17.7. The third-order valence-corrected chi connectivity index (χ3v) is 1.87. The molecule has 3 heteroatoms. The molecule has 0 unspecified atom stereocenters. The summed E-state index contributed by atoms with van der Waals surface area (Å²) in [5, 5.41) is 0. The van der Waals surface area contributed by atoms with Gasteiger partial charge in [0.25, 0.3) is 0 Å². The Morgan fingerprint density at radius 3 is 3.00 bits per heavy atom. The Morgan fingerprint density at radius 1 is 1.70 bits per heavy atom. The van der Waals surface area contributed by atoms with Gasteiger partial charge in [-0.3, -0.25) is 0 Å². The lowest BCUT2D eigenvalue weighted by Gasteiger charge is -2.08. The van der Waals surface area contributed by atoms with Crippen molar-refractivity contribution in [2.24, 2.45) is 11.7 Å². The first kappa shape index (κ1) is 7.95. The van der Waals surface area contributed by atoms with E-state index in [1.807, 2.05) is 0 Å². The molecule has 0 bridgehead atoms. The molecule has 1 aliphatic heterocycles. The minimum atomic E-state index is -0.827. The van der Waals surface area contributed by atoms with Gasteiger partial charge in [-0.15, -0.1) is 0 Å². The number of hydrogen-bond acceptors (Lipinski definition) is 2. The van der Waals surface area contributed by atoms with Crippen molar-refractivity contribution < 1.29 is 9.13 Å². The number of halogens is 1. The molecular weight excluding hydrogens is 133 g/mol. The highest BCUT2D eigenvalue weighted by molar-refractivity contribution is 4.69. The summed E-state index contributed by atoms with van der Waals surface area (Å²) >= 11 is 0. The van der Waals surface area contributed by atoms with Gasteiger partial charge in [0.2, 0.25) is 0 Å². The van der Waals surface area contributed by atoms with Crippen LogP contribution in [0.2, 0.25) is 0 Å². The standard InChI is InChI=1S/C7H14FNO/c8-7(4-9)3-6-1-2-10-5-6/h6-7H,1-5,9H2/t6-,7+/m0/s1. The average Bonchev–Trinajstić information content (AvgIpc) is 2.40. The Morgan fingerprint density at radius 2 is 2.50 bits per heavy atom. The second-order valence-electron chi connectivity index (χ2n) is 2.80. The van der Waals surface area contributed by atoms with Gasteiger partial charge < -0.3 is 10.5 Å². The quantitative estimate of drug-likeness (QED) is 0.638. The zero-order valence-corrected chi connectivity index (χ0v) is 6.05. The lowest BCUT2D eigenvalue weighted by molar-refractivity contribution is 0.175. The molecule has 10 heavy (non-hydrogen) atoms. The second kappa shape index (κ2) is 3.88. The molecule has 0 aliphatic carbocycles. The number of alkyl halides is 1. The average molecular weight is 147 g/mol. The Balaban J connectivity index is 2.11. The van der Waals surface area contributed by atoms with Crippen molar-refractivity contribution in [3.63, 3.8) is 0 Å². The molecule has 0 spiro atoms. The number of rotatable bonds is 3. The highest BCUT2D eigenvalue weighted by Gasteiger charge is 2.19. The van der Waals surface area contributed by atoms with Crippen molar-refractivity contribution in [1.82, 2.24) is 0 Å². The zero-order valence-electron chi connectivity index (χ0n) is 6.05. The number of nitrogens with two attached hydrogens (primary N) is 1. The molecule has 2 nitrogen and oxygen atoms in total. The molecule has 1 fully saturated rings. The van der Waals surface area contributed by atoms with Gasteiger partial charge in [0.15, 0.2) is 0 Å². The molecule has 0 saturated carbocycles. The summed E-state index contributed by atoms with van der Waals surface area (Å²) in [5.41, 5.74) is 5.13. The maximum atomic E-state index is 12.6. The van der Waals surface area contributed by atoms with Crippen LogP contribution in [-0.4, -0.2) is 25.9 Å². The van der Waals surface area contributed by atoms with Crippen molar-refractivity contribution >= 4 is 0 Å². The fraction of sp³-hybridized carbons (Fsp3) is 1.00. The third kappa shape index (κ3) is 2.23. The van der Waals surface area contributed by atoms with E-state index >= 15 is 0 Å². The molecule has 0 aromatic rings. The molecule has 1 rings (SSSR count). The van der Waals surface area contributed by atoms with Crippen LogP contribution < -0.4 is 5.73 Å². The molecule has 0 aromatic heterocycles. The third-order valence-electron chi connectivity index (χ3n) is 1.87. The van der Waals surface area contributed by atoms with Gasteiger partial charge in [0, 0.05) is 19.8 Å². The van der Waals surface area contributed by atoms with Gasteiger partial charge in [-0.2, -0.15) is 0 Å². The smallest absolute Gasteiger partial charge is 0.113 e. The Hall–Kier alpha value is -0.150. The van der Waals surface area contributed by atoms with E-state index in [4.69, 9.17) is 10.5 Å². The molecule has 60 valence electrons. The van der Waals surface area contributed by atoms with E-state index in [0.717, 1.165) is 19.6 Å². The van der Waals surface area contributed by atoms with Crippen molar-refractivity contribution in [2.75, 3.05) is 19.8 Å². The van der Waals surface area contributed by atoms with E-state index in [1.165, 1.54) is 0 Å². The van der Waals surface area contributed by atoms with E-state index < -0.39 is 6.17 Å². The molecule has 1 saturated heterocycles. The molecule has 0 aromatic carbocycles. The predicted octanol–water partition coefficient (Wildman–Crippen LogP) is 0.710. The summed E-state index contributed by atoms with van der Waals surface area (Å²) in [6.45, 7) is 1.67. The Labute approximate surface area is 60.5 Å². The van der Waals surface area contributed by atoms with E-state index in [-0.39, 0.29) is 6.54 Å². The normalized spacial score (nSPS) is 28.8. The fourth-order valence-electron chi connectivity index (χ4n) is 1.23. The van der Waals surface area contributed by atoms with Crippen LogP contribution in [0.5, 0.6) is 0 Å². The highest BCUT2D eigenvalue weighted by Crippen LogP contribution is 2.18. The Kier molecular flexibility index (Phi) is 3.09. The van der Waals surface area contributed by atoms with Crippen LogP contribution in [0.4, 0.5) is 4.39 Å². The van der Waals surface area contributed by atoms with Gasteiger partial charge >= 0.3 is 0 Å². The number of hydrogen-bond donors (Lipinski definition) is 1. The van der Waals surface area contributed by atoms with E-state index in [9.17, 15) is 4.39 Å². The first-order valence-corrected chi connectivity index (χ1v) is 3.75. The van der Waals surface area contributed by atoms with Crippen LogP contribution in [0.15, 0.2) is 0 Å². The summed E-state index contributed by atoms with van der Waals surface area (Å²) in [5.74, 6) is 0.415. The van der Waals surface area contributed by atoms with Gasteiger partial charge in [-0.25, -0.2) is 4.39 Å². The topological polar surface area (TPSA) is 35.2 Å². The maximum absolute atomic E-state index is 12.6. The van der Waals surface area contributed by atoms with Crippen LogP contribution in [0.1, 0.15) is 12.8 Å². The summed E-state index contributed by atoms with van der Waals surface area (Å²) in [6, 6.07) is 0. The fourth-order valence-corrected chi connectivity index (χ4v) is 1.23. The summed E-state index contributed by atoms with van der Waals surface area (Å²) in [7, 11) is 0. The maximum Gasteiger partial charge on any atom is 0.113 e. The highest BCUT2D eigenvalue weighted by atomic mass is 19.1. The van der Waals surface area contributed by atoms with Gasteiger partial charge in [0.05, 0.1) is 0 Å². The van der Waals surface area contributed by atoms with Gasteiger partial charge in [-0.1, -0.05) is 0 Å². The zero-order chi connectivity index (χ0) is 7.40. The van der Waals surface area contributed by atoms with Crippen LogP contribution in [0.25, 0.3) is 0 Å². The SMILES string of the molecule is NC[C@H](F)C[C@@H]1CCOC1. The molecule has 2 N–H and O–H groups in total. The lowest BCUT2D eigenvalue weighted by atomic mass is 10.0. The minimum absolute atomic E-state index is 0.149. The van der Waals surface area contributed by atoms with Crippen LogP contribution in [0, 0.1) is 5.92 Å². The van der Waals surface area contributed by atoms with Crippen molar-refractivity contribution in [1.29, 1.82) is 0 Å². The number of ether oxygens (including phenoxy) is 1. The first-order valence-electron chi connectivity index (χ1n) is 3.75. The Bertz CT molecular complexity index is 93.6. The van der Waals surface area contributed by atoms with Crippen LogP contribution in [-0.2, 0) is 4.74 Å². The molecular formula is C7H14FNO. The summed E-state index contributed by atoms with van der Waals surface area (Å²) in [4.78, 5) is 0. The van der Waals surface area contributed by atoms with E-state index in [0.29, 0.717) is 12.3 Å². The van der Waals surface area contributed by atoms with Crippen molar-refractivity contribution in [3.8, 4) is 0 Å². The largest absolute Gasteiger partial charge is 0.381 e. The minimum Gasteiger partial charge on any atom is -0.381 e. The van der Waals surface area contributed by atoms with Crippen molar-refractivity contribution in [2.45, 2.75) is 19.0 Å². The molecule has 1 aliphatic rings. The molecule has 2 atom stereocenters. The monoisotopic (exact) mass is 147 g/mol. The molecule has 1 heterocycles. The van der Waals surface area contributed by atoms with Gasteiger partial charge in [0.1, 0.15) is 6.17 Å². The summed E-state index contributed by atoms with van der Waals surface area (Å²) in [6.07, 6.45) is 0.753. The van der Waals surface area contributed by atoms with Crippen molar-refractivity contribution in [3.05, 3.63) is 0 Å². The van der Waals surface area contributed by atoms with Crippen LogP contribution >= 0.6 is 0 Å². The van der Waals surface area contributed by atoms with E-state index in [2.05, 4.69) is 0 Å². The molecule has 0 amide bonds. The first-order chi connectivity index (χ1) is 4.83.